The van der Waals surface area contributed by atoms with E-state index in [2.05, 4.69) is 13.8 Å². The lowest BCUT2D eigenvalue weighted by molar-refractivity contribution is -0.288. The number of ether oxygens (including phenoxy) is 2. The van der Waals surface area contributed by atoms with Crippen LogP contribution in [0, 0.1) is 0 Å². The lowest BCUT2D eigenvalue weighted by Gasteiger charge is -2.40. The van der Waals surface area contributed by atoms with E-state index in [1.165, 1.54) is 179 Å². The van der Waals surface area contributed by atoms with Crippen molar-refractivity contribution in [3.63, 3.8) is 0 Å². The van der Waals surface area contributed by atoms with Crippen LogP contribution in [0.3, 0.4) is 0 Å². The van der Waals surface area contributed by atoms with Crippen molar-refractivity contribution < 1.29 is 35.8 Å². The first-order valence-electron chi connectivity index (χ1n) is 26.6. The number of fused-ring (bicyclic) bond motifs is 2. The van der Waals surface area contributed by atoms with Crippen molar-refractivity contribution in [2.24, 2.45) is 0 Å². The minimum absolute atomic E-state index is 0.236. The summed E-state index contributed by atoms with van der Waals surface area (Å²) < 4.78 is 104. The molecule has 10 heteroatoms. The first kappa shape index (κ1) is 55.1. The monoisotopic (exact) mass is 923 g/mol. The molecule has 372 valence electrons. The molecule has 0 bridgehead atoms. The standard InChI is InChI=1S/C55H88F6N2O2/c1-3-5-7-9-11-13-15-17-19-21-23-25-27-29-31-33-39-62-43-47-41-49(35-37-51(47)64-45-62)53(54(56,57)58,55(59,60)61)50-36-38-52-48(42-50)44-63(46-65-52)40-34-32-30-28-26-24-22-20-18-16-14-12-10-8-6-4-2/h35-38,41-42H,3-34,39-40,43-46H2,1-2H3. The topological polar surface area (TPSA) is 24.9 Å². The molecule has 2 heterocycles. The van der Waals surface area contributed by atoms with Gasteiger partial charge >= 0.3 is 12.4 Å². The van der Waals surface area contributed by atoms with E-state index in [9.17, 15) is 0 Å². The van der Waals surface area contributed by atoms with Gasteiger partial charge in [-0.3, -0.25) is 9.80 Å². The van der Waals surface area contributed by atoms with E-state index >= 15 is 26.3 Å². The highest BCUT2D eigenvalue weighted by molar-refractivity contribution is 5.52. The van der Waals surface area contributed by atoms with Crippen LogP contribution in [0.1, 0.15) is 242 Å². The summed E-state index contributed by atoms with van der Waals surface area (Å²) in [6, 6.07) is 6.62. The molecule has 4 nitrogen and oxygen atoms in total. The Bertz CT molecular complexity index is 1430. The molecule has 2 aliphatic heterocycles. The van der Waals surface area contributed by atoms with Crippen LogP contribution >= 0.6 is 0 Å². The number of benzene rings is 2. The second-order valence-electron chi connectivity index (χ2n) is 19.6. The second-order valence-corrected chi connectivity index (χ2v) is 19.6. The fourth-order valence-corrected chi connectivity index (χ4v) is 10.1. The van der Waals surface area contributed by atoms with E-state index in [-0.39, 0.29) is 26.6 Å². The van der Waals surface area contributed by atoms with E-state index in [1.54, 1.807) is 0 Å². The van der Waals surface area contributed by atoms with Crippen LogP contribution in [0.4, 0.5) is 26.3 Å². The smallest absolute Gasteiger partial charge is 0.411 e. The summed E-state index contributed by atoms with van der Waals surface area (Å²) in [6.45, 7) is 6.85. The van der Waals surface area contributed by atoms with Crippen LogP contribution in [0.15, 0.2) is 36.4 Å². The van der Waals surface area contributed by atoms with Gasteiger partial charge in [0.15, 0.2) is 0 Å². The Hall–Kier alpha value is -2.46. The van der Waals surface area contributed by atoms with Crippen LogP contribution in [-0.4, -0.2) is 48.7 Å². The number of nitrogens with zero attached hydrogens (tertiary/aromatic N) is 2. The minimum atomic E-state index is -5.67. The molecule has 65 heavy (non-hydrogen) atoms. The summed E-state index contributed by atoms with van der Waals surface area (Å²) in [5.41, 5.74) is -5.23. The Balaban J connectivity index is 1.21. The van der Waals surface area contributed by atoms with E-state index in [1.807, 2.05) is 9.80 Å². The lowest BCUT2D eigenvalue weighted by atomic mass is 9.72. The molecule has 0 unspecified atom stereocenters. The van der Waals surface area contributed by atoms with E-state index in [0.29, 0.717) is 35.7 Å². The molecule has 0 aromatic heterocycles. The Labute approximate surface area is 391 Å². The Kier molecular flexibility index (Phi) is 26.1. The fraction of sp³-hybridized carbons (Fsp3) is 0.782. The second kappa shape index (κ2) is 30.8. The molecule has 2 aromatic carbocycles. The van der Waals surface area contributed by atoms with Crippen molar-refractivity contribution in [1.82, 2.24) is 9.80 Å². The van der Waals surface area contributed by atoms with E-state index in [4.69, 9.17) is 9.47 Å². The van der Waals surface area contributed by atoms with Gasteiger partial charge in [-0.25, -0.2) is 0 Å². The maximum Gasteiger partial charge on any atom is 0.411 e. The van der Waals surface area contributed by atoms with Crippen LogP contribution < -0.4 is 9.47 Å². The first-order valence-corrected chi connectivity index (χ1v) is 26.6. The summed E-state index contributed by atoms with van der Waals surface area (Å²) in [5.74, 6) is 0.664. The molecule has 0 radical (unpaired) electrons. The van der Waals surface area contributed by atoms with Gasteiger partial charge in [-0.05, 0) is 48.2 Å². The third-order valence-electron chi connectivity index (χ3n) is 14.1. The number of hydrogen-bond donors (Lipinski definition) is 0. The van der Waals surface area contributed by atoms with Gasteiger partial charge in [-0.2, -0.15) is 26.3 Å². The van der Waals surface area contributed by atoms with Gasteiger partial charge in [0.05, 0.1) is 0 Å². The highest BCUT2D eigenvalue weighted by atomic mass is 19.4. The first-order chi connectivity index (χ1) is 31.5. The van der Waals surface area contributed by atoms with Gasteiger partial charge in [-0.1, -0.05) is 219 Å². The average Bonchev–Trinajstić information content (AvgIpc) is 3.27. The van der Waals surface area contributed by atoms with Crippen LogP contribution in [0.2, 0.25) is 0 Å². The molecule has 0 aliphatic carbocycles. The molecular formula is C55H88F6N2O2. The van der Waals surface area contributed by atoms with Crippen molar-refractivity contribution in [3.05, 3.63) is 58.7 Å². The summed E-state index contributed by atoms with van der Waals surface area (Å²) in [4.78, 5) is 3.95. The third-order valence-corrected chi connectivity index (χ3v) is 14.1. The van der Waals surface area contributed by atoms with Gasteiger partial charge in [0.1, 0.15) is 25.0 Å². The van der Waals surface area contributed by atoms with Crippen molar-refractivity contribution in [2.75, 3.05) is 26.6 Å². The van der Waals surface area contributed by atoms with Gasteiger partial charge in [0.2, 0.25) is 5.41 Å². The largest absolute Gasteiger partial charge is 0.478 e. The Morgan fingerprint density at radius 1 is 0.385 bits per heavy atom. The molecule has 4 rings (SSSR count). The number of alkyl halides is 6. The summed E-state index contributed by atoms with van der Waals surface area (Å²) in [7, 11) is 0. The Morgan fingerprint density at radius 3 is 0.908 bits per heavy atom. The molecule has 0 amide bonds. The molecule has 0 saturated carbocycles. The SMILES string of the molecule is CCCCCCCCCCCCCCCCCCN1COc2ccc(C(c3ccc4c(c3)CN(CCCCCCCCCCCCCCCCCC)CO4)(C(F)(F)F)C(F)(F)F)cc2C1. The molecular weight excluding hydrogens is 835 g/mol. The molecule has 2 aliphatic rings. The van der Waals surface area contributed by atoms with Gasteiger partial charge < -0.3 is 9.47 Å². The Morgan fingerprint density at radius 2 is 0.646 bits per heavy atom. The maximum atomic E-state index is 15.3. The van der Waals surface area contributed by atoms with E-state index in [0.717, 1.165) is 62.8 Å². The summed E-state index contributed by atoms with van der Waals surface area (Å²) in [5, 5.41) is 0. The van der Waals surface area contributed by atoms with Crippen molar-refractivity contribution in [1.29, 1.82) is 0 Å². The zero-order chi connectivity index (χ0) is 46.6. The van der Waals surface area contributed by atoms with Crippen LogP contribution in [0.5, 0.6) is 11.5 Å². The lowest BCUT2D eigenvalue weighted by Crippen LogP contribution is -2.55. The van der Waals surface area contributed by atoms with Crippen LogP contribution in [0.25, 0.3) is 0 Å². The van der Waals surface area contributed by atoms with Gasteiger partial charge in [0.25, 0.3) is 0 Å². The normalized spacial score (nSPS) is 14.9. The highest BCUT2D eigenvalue weighted by Gasteiger charge is 2.72. The van der Waals surface area contributed by atoms with E-state index < -0.39 is 28.9 Å². The number of unbranched alkanes of at least 4 members (excludes halogenated alkanes) is 30. The molecule has 0 fully saturated rings. The molecule has 0 spiro atoms. The predicted molar refractivity (Wildman–Crippen MR) is 257 cm³/mol. The number of hydrogen-bond acceptors (Lipinski definition) is 4. The molecule has 0 N–H and O–H groups in total. The minimum Gasteiger partial charge on any atom is -0.478 e. The zero-order valence-corrected chi connectivity index (χ0v) is 40.8. The van der Waals surface area contributed by atoms with Crippen molar-refractivity contribution in [2.45, 2.75) is 250 Å². The van der Waals surface area contributed by atoms with Crippen molar-refractivity contribution in [3.8, 4) is 11.5 Å². The number of rotatable bonds is 36. The third kappa shape index (κ3) is 18.9. The van der Waals surface area contributed by atoms with Crippen LogP contribution in [-0.2, 0) is 18.5 Å². The fourth-order valence-electron chi connectivity index (χ4n) is 10.1. The van der Waals surface area contributed by atoms with Crippen molar-refractivity contribution >= 4 is 0 Å². The molecule has 0 atom stereocenters. The maximum absolute atomic E-state index is 15.3. The van der Waals surface area contributed by atoms with Gasteiger partial charge in [-0.15, -0.1) is 0 Å². The quantitative estimate of drug-likeness (QED) is 0.0502. The zero-order valence-electron chi connectivity index (χ0n) is 40.8. The summed E-state index contributed by atoms with van der Waals surface area (Å²) >= 11 is 0. The predicted octanol–water partition coefficient (Wildman–Crippen LogP) is 17.9. The average molecular weight is 923 g/mol. The summed E-state index contributed by atoms with van der Waals surface area (Å²) in [6.07, 6.45) is 29.1. The highest BCUT2D eigenvalue weighted by Crippen LogP contribution is 2.57. The molecule has 0 saturated heterocycles. The molecule has 2 aromatic rings. The number of halogens is 6. The van der Waals surface area contributed by atoms with Gasteiger partial charge in [0, 0.05) is 37.3 Å².